The number of nitrogens with zero attached hydrogens (tertiary/aromatic N) is 3. The number of carbonyl (C=O) groups is 2. The Labute approximate surface area is 204 Å². The minimum absolute atomic E-state index is 0.0586. The summed E-state index contributed by atoms with van der Waals surface area (Å²) in [7, 11) is 1.56. The van der Waals surface area contributed by atoms with Crippen LogP contribution in [0.5, 0.6) is 17.4 Å². The van der Waals surface area contributed by atoms with E-state index in [2.05, 4.69) is 15.3 Å². The van der Waals surface area contributed by atoms with E-state index < -0.39 is 6.04 Å². The van der Waals surface area contributed by atoms with Crippen molar-refractivity contribution in [1.29, 1.82) is 0 Å². The Balaban J connectivity index is 1.38. The van der Waals surface area contributed by atoms with Crippen molar-refractivity contribution in [2.24, 2.45) is 5.92 Å². The van der Waals surface area contributed by atoms with Crippen LogP contribution in [0.1, 0.15) is 42.5 Å². The van der Waals surface area contributed by atoms with Gasteiger partial charge in [-0.2, -0.15) is 0 Å². The molecule has 2 aromatic carbocycles. The number of nitrogens with one attached hydrogen (secondary N) is 1. The molecule has 3 aromatic rings. The van der Waals surface area contributed by atoms with Gasteiger partial charge in [0, 0.05) is 30.2 Å². The van der Waals surface area contributed by atoms with Gasteiger partial charge in [0.15, 0.2) is 0 Å². The fraction of sp³-hybridized carbons (Fsp3) is 0.333. The molecule has 0 radical (unpaired) electrons. The molecule has 5 rings (SSSR count). The van der Waals surface area contributed by atoms with E-state index in [0.29, 0.717) is 41.0 Å². The molecule has 2 heterocycles. The maximum atomic E-state index is 13.7. The molecule has 1 aromatic heterocycles. The first-order valence-corrected chi connectivity index (χ1v) is 11.9. The first kappa shape index (κ1) is 22.8. The number of rotatable bonds is 6. The monoisotopic (exact) mass is 472 g/mol. The minimum Gasteiger partial charge on any atom is -0.496 e. The van der Waals surface area contributed by atoms with Gasteiger partial charge >= 0.3 is 0 Å². The Kier molecular flexibility index (Phi) is 6.61. The van der Waals surface area contributed by atoms with Crippen molar-refractivity contribution in [1.82, 2.24) is 14.9 Å². The fourth-order valence-corrected chi connectivity index (χ4v) is 5.27. The van der Waals surface area contributed by atoms with Gasteiger partial charge in [-0.25, -0.2) is 4.98 Å². The third-order valence-electron chi connectivity index (χ3n) is 6.83. The van der Waals surface area contributed by atoms with Gasteiger partial charge in [0.25, 0.3) is 5.91 Å². The number of hydrogen-bond donors (Lipinski definition) is 1. The first-order chi connectivity index (χ1) is 17.1. The van der Waals surface area contributed by atoms with Crippen molar-refractivity contribution in [2.75, 3.05) is 12.4 Å². The predicted octanol–water partition coefficient (Wildman–Crippen LogP) is 4.69. The molecule has 1 aliphatic carbocycles. The zero-order valence-corrected chi connectivity index (χ0v) is 19.6. The summed E-state index contributed by atoms with van der Waals surface area (Å²) in [5.74, 6) is 1.39. The van der Waals surface area contributed by atoms with E-state index in [0.717, 1.165) is 25.7 Å². The van der Waals surface area contributed by atoms with Gasteiger partial charge in [-0.1, -0.05) is 31.0 Å². The summed E-state index contributed by atoms with van der Waals surface area (Å²) in [4.78, 5) is 37.2. The average Bonchev–Trinajstić information content (AvgIpc) is 3.29. The van der Waals surface area contributed by atoms with Crippen molar-refractivity contribution < 1.29 is 19.1 Å². The van der Waals surface area contributed by atoms with Gasteiger partial charge in [-0.05, 0) is 49.4 Å². The highest BCUT2D eigenvalue weighted by atomic mass is 16.5. The van der Waals surface area contributed by atoms with Crippen LogP contribution in [0.3, 0.4) is 0 Å². The molecule has 180 valence electrons. The van der Waals surface area contributed by atoms with E-state index in [1.807, 2.05) is 12.1 Å². The second-order valence-corrected chi connectivity index (χ2v) is 8.94. The number of likely N-dealkylation sites (tertiary alicyclic amines) is 1. The number of hydrogen-bond acceptors (Lipinski definition) is 6. The molecule has 2 fully saturated rings. The maximum absolute atomic E-state index is 13.7. The summed E-state index contributed by atoms with van der Waals surface area (Å²) in [5, 5.41) is 3.00. The fourth-order valence-electron chi connectivity index (χ4n) is 5.27. The van der Waals surface area contributed by atoms with Crippen molar-refractivity contribution in [3.05, 3.63) is 72.7 Å². The molecule has 1 aliphatic heterocycles. The predicted molar refractivity (Wildman–Crippen MR) is 130 cm³/mol. The SMILES string of the molecule is COc1ccccc1C(=O)N1C(C(=O)Nc2cccc(Oc3cnccn3)c2)CC2CCCCC21. The lowest BCUT2D eigenvalue weighted by Gasteiger charge is -2.34. The van der Waals surface area contributed by atoms with Gasteiger partial charge in [-0.3, -0.25) is 14.6 Å². The van der Waals surface area contributed by atoms with E-state index in [1.54, 1.807) is 60.8 Å². The third-order valence-corrected chi connectivity index (χ3v) is 6.83. The summed E-state index contributed by atoms with van der Waals surface area (Å²) >= 11 is 0. The standard InChI is InChI=1S/C27H28N4O4/c1-34-24-12-5-3-10-21(24)27(33)31-22-11-4-2-7-18(22)15-23(31)26(32)30-19-8-6-9-20(16-19)35-25-17-28-13-14-29-25/h3,5-6,8-10,12-14,16-18,22-23H,2,4,7,11,15H2,1H3,(H,30,32). The van der Waals surface area contributed by atoms with Crippen LogP contribution >= 0.6 is 0 Å². The molecular weight excluding hydrogens is 444 g/mol. The molecule has 0 bridgehead atoms. The molecule has 1 saturated heterocycles. The quantitative estimate of drug-likeness (QED) is 0.559. The van der Waals surface area contributed by atoms with Gasteiger partial charge in [0.05, 0.1) is 18.9 Å². The number of anilines is 1. The molecule has 3 unspecified atom stereocenters. The van der Waals surface area contributed by atoms with Crippen LogP contribution in [0.15, 0.2) is 67.1 Å². The van der Waals surface area contributed by atoms with Crippen LogP contribution in [0.25, 0.3) is 0 Å². The van der Waals surface area contributed by atoms with E-state index >= 15 is 0 Å². The highest BCUT2D eigenvalue weighted by Gasteiger charge is 2.48. The number of methoxy groups -OCH3 is 1. The molecule has 8 nitrogen and oxygen atoms in total. The van der Waals surface area contributed by atoms with Gasteiger partial charge in [0.1, 0.15) is 17.5 Å². The second-order valence-electron chi connectivity index (χ2n) is 8.94. The number of ether oxygens (including phenoxy) is 2. The molecule has 1 saturated carbocycles. The zero-order valence-electron chi connectivity index (χ0n) is 19.6. The van der Waals surface area contributed by atoms with Crippen LogP contribution in [0.4, 0.5) is 5.69 Å². The zero-order chi connectivity index (χ0) is 24.2. The van der Waals surface area contributed by atoms with E-state index in [1.165, 1.54) is 6.20 Å². The Bertz CT molecular complexity index is 1200. The molecule has 0 spiro atoms. The Morgan fingerprint density at radius 1 is 1.06 bits per heavy atom. The number of para-hydroxylation sites is 1. The lowest BCUT2D eigenvalue weighted by molar-refractivity contribution is -0.120. The van der Waals surface area contributed by atoms with E-state index in [-0.39, 0.29) is 17.9 Å². The van der Waals surface area contributed by atoms with Crippen LogP contribution in [-0.2, 0) is 4.79 Å². The van der Waals surface area contributed by atoms with Crippen molar-refractivity contribution in [2.45, 2.75) is 44.2 Å². The van der Waals surface area contributed by atoms with Gasteiger partial charge in [0.2, 0.25) is 11.8 Å². The maximum Gasteiger partial charge on any atom is 0.258 e. The summed E-state index contributed by atoms with van der Waals surface area (Å²) in [5.41, 5.74) is 1.08. The summed E-state index contributed by atoms with van der Waals surface area (Å²) in [6.45, 7) is 0. The molecule has 8 heteroatoms. The largest absolute Gasteiger partial charge is 0.496 e. The number of amides is 2. The second kappa shape index (κ2) is 10.1. The Hall–Kier alpha value is -3.94. The van der Waals surface area contributed by atoms with Crippen LogP contribution in [0, 0.1) is 5.92 Å². The number of carbonyl (C=O) groups excluding carboxylic acids is 2. The van der Waals surface area contributed by atoms with Crippen LogP contribution < -0.4 is 14.8 Å². The summed E-state index contributed by atoms with van der Waals surface area (Å²) in [6, 6.07) is 13.8. The topological polar surface area (TPSA) is 93.7 Å². The van der Waals surface area contributed by atoms with E-state index in [4.69, 9.17) is 9.47 Å². The number of fused-ring (bicyclic) bond motifs is 1. The molecule has 2 amide bonds. The summed E-state index contributed by atoms with van der Waals surface area (Å²) in [6.07, 6.45) is 9.44. The van der Waals surface area contributed by atoms with Crippen LogP contribution in [0.2, 0.25) is 0 Å². The smallest absolute Gasteiger partial charge is 0.258 e. The highest BCUT2D eigenvalue weighted by Crippen LogP contribution is 2.41. The van der Waals surface area contributed by atoms with Gasteiger partial charge < -0.3 is 19.7 Å². The molecular formula is C27H28N4O4. The van der Waals surface area contributed by atoms with Crippen molar-refractivity contribution in [3.63, 3.8) is 0 Å². The Morgan fingerprint density at radius 2 is 1.91 bits per heavy atom. The minimum atomic E-state index is -0.551. The summed E-state index contributed by atoms with van der Waals surface area (Å²) < 4.78 is 11.2. The van der Waals surface area contributed by atoms with E-state index in [9.17, 15) is 9.59 Å². The molecule has 1 N–H and O–H groups in total. The van der Waals surface area contributed by atoms with Crippen LogP contribution in [-0.4, -0.2) is 45.9 Å². The molecule has 2 aliphatic rings. The number of benzene rings is 2. The molecule has 35 heavy (non-hydrogen) atoms. The normalized spacial score (nSPS) is 21.2. The van der Waals surface area contributed by atoms with Gasteiger partial charge in [-0.15, -0.1) is 0 Å². The Morgan fingerprint density at radius 3 is 2.74 bits per heavy atom. The van der Waals surface area contributed by atoms with Crippen molar-refractivity contribution >= 4 is 17.5 Å². The third kappa shape index (κ3) is 4.82. The average molecular weight is 473 g/mol. The first-order valence-electron chi connectivity index (χ1n) is 11.9. The van der Waals surface area contributed by atoms with Crippen molar-refractivity contribution in [3.8, 4) is 17.4 Å². The lowest BCUT2D eigenvalue weighted by atomic mass is 9.84. The number of aromatic nitrogens is 2. The molecule has 3 atom stereocenters. The highest BCUT2D eigenvalue weighted by molar-refractivity contribution is 6.03. The lowest BCUT2D eigenvalue weighted by Crippen LogP contribution is -2.47.